The number of ether oxygens (including phenoxy) is 1. The Morgan fingerprint density at radius 1 is 1.45 bits per heavy atom. The Bertz CT molecular complexity index is 468. The third-order valence-corrected chi connectivity index (χ3v) is 3.36. The van der Waals surface area contributed by atoms with Crippen molar-refractivity contribution in [3.8, 4) is 5.75 Å². The highest BCUT2D eigenvalue weighted by Gasteiger charge is 2.25. The zero-order chi connectivity index (χ0) is 14.5. The highest BCUT2D eigenvalue weighted by atomic mass is 19.3. The van der Waals surface area contributed by atoms with E-state index in [1.165, 1.54) is 6.07 Å². The van der Waals surface area contributed by atoms with Crippen molar-refractivity contribution in [3.63, 3.8) is 0 Å². The van der Waals surface area contributed by atoms with Crippen LogP contribution in [0.25, 0.3) is 0 Å². The fourth-order valence-corrected chi connectivity index (χ4v) is 2.37. The molecule has 1 aliphatic heterocycles. The zero-order valence-electron chi connectivity index (χ0n) is 11.2. The molecule has 20 heavy (non-hydrogen) atoms. The second-order valence-corrected chi connectivity index (χ2v) is 4.94. The molecule has 1 aliphatic rings. The largest absolute Gasteiger partial charge is 0.433 e. The number of hydrogen-bond donors (Lipinski definition) is 2. The van der Waals surface area contributed by atoms with Crippen LogP contribution in [0.1, 0.15) is 19.8 Å². The number of para-hydroxylation sites is 2. The summed E-state index contributed by atoms with van der Waals surface area (Å²) in [7, 11) is 0. The third kappa shape index (κ3) is 3.90. The maximum atomic E-state index is 12.3. The van der Waals surface area contributed by atoms with E-state index in [1.807, 2.05) is 6.92 Å². The van der Waals surface area contributed by atoms with Crippen molar-refractivity contribution in [2.24, 2.45) is 5.92 Å². The third-order valence-electron chi connectivity index (χ3n) is 3.36. The topological polar surface area (TPSA) is 50.4 Å². The van der Waals surface area contributed by atoms with Crippen molar-refractivity contribution in [2.75, 3.05) is 11.9 Å². The van der Waals surface area contributed by atoms with Crippen molar-refractivity contribution in [1.29, 1.82) is 0 Å². The number of benzene rings is 1. The fraction of sp³-hybridized carbons (Fsp3) is 0.500. The number of halogens is 2. The average Bonchev–Trinajstić information content (AvgIpc) is 2.40. The summed E-state index contributed by atoms with van der Waals surface area (Å²) in [4.78, 5) is 12.2. The first-order chi connectivity index (χ1) is 9.56. The minimum absolute atomic E-state index is 0.0159. The Labute approximate surface area is 116 Å². The van der Waals surface area contributed by atoms with Crippen LogP contribution < -0.4 is 15.4 Å². The van der Waals surface area contributed by atoms with Crippen molar-refractivity contribution in [1.82, 2.24) is 5.32 Å². The van der Waals surface area contributed by atoms with Gasteiger partial charge in [-0.1, -0.05) is 12.1 Å². The summed E-state index contributed by atoms with van der Waals surface area (Å²) in [5.74, 6) is -0.271. The van der Waals surface area contributed by atoms with Gasteiger partial charge in [-0.25, -0.2) is 0 Å². The highest BCUT2D eigenvalue weighted by molar-refractivity contribution is 5.94. The van der Waals surface area contributed by atoms with Crippen LogP contribution in [0.5, 0.6) is 5.75 Å². The van der Waals surface area contributed by atoms with Gasteiger partial charge in [-0.2, -0.15) is 8.78 Å². The lowest BCUT2D eigenvalue weighted by Gasteiger charge is -2.27. The van der Waals surface area contributed by atoms with Crippen molar-refractivity contribution < 1.29 is 18.3 Å². The fourth-order valence-electron chi connectivity index (χ4n) is 2.37. The van der Waals surface area contributed by atoms with Gasteiger partial charge in [0, 0.05) is 12.0 Å². The van der Waals surface area contributed by atoms with Crippen LogP contribution in [0.3, 0.4) is 0 Å². The minimum Gasteiger partial charge on any atom is -0.433 e. The van der Waals surface area contributed by atoms with E-state index in [4.69, 9.17) is 0 Å². The summed E-state index contributed by atoms with van der Waals surface area (Å²) < 4.78 is 29.0. The molecule has 0 bridgehead atoms. The molecule has 0 radical (unpaired) electrons. The molecule has 0 aliphatic carbocycles. The average molecular weight is 284 g/mol. The summed E-state index contributed by atoms with van der Waals surface area (Å²) in [5, 5.41) is 5.95. The predicted octanol–water partition coefficient (Wildman–Crippen LogP) is 2.61. The van der Waals surface area contributed by atoms with E-state index in [9.17, 15) is 13.6 Å². The maximum absolute atomic E-state index is 12.3. The van der Waals surface area contributed by atoms with Crippen molar-refractivity contribution in [3.05, 3.63) is 24.3 Å². The van der Waals surface area contributed by atoms with Crippen LogP contribution in [-0.2, 0) is 4.79 Å². The number of nitrogens with one attached hydrogen (secondary N) is 2. The van der Waals surface area contributed by atoms with Gasteiger partial charge in [0.15, 0.2) is 0 Å². The van der Waals surface area contributed by atoms with E-state index in [1.54, 1.807) is 18.2 Å². The van der Waals surface area contributed by atoms with E-state index in [2.05, 4.69) is 15.4 Å². The molecule has 1 heterocycles. The van der Waals surface area contributed by atoms with E-state index >= 15 is 0 Å². The molecule has 2 atom stereocenters. The SMILES string of the molecule is CC1CC(C(=O)Nc2ccccc2OC(F)F)CCN1. The van der Waals surface area contributed by atoms with Gasteiger partial charge in [0.1, 0.15) is 5.75 Å². The molecular weight excluding hydrogens is 266 g/mol. The maximum Gasteiger partial charge on any atom is 0.387 e. The second-order valence-electron chi connectivity index (χ2n) is 4.94. The molecule has 0 aromatic heterocycles. The van der Waals surface area contributed by atoms with Crippen LogP contribution >= 0.6 is 0 Å². The minimum atomic E-state index is -2.91. The van der Waals surface area contributed by atoms with Gasteiger partial charge in [0.2, 0.25) is 5.91 Å². The van der Waals surface area contributed by atoms with Gasteiger partial charge in [0.25, 0.3) is 0 Å². The lowest BCUT2D eigenvalue weighted by atomic mass is 9.92. The molecule has 110 valence electrons. The van der Waals surface area contributed by atoms with E-state index in [0.29, 0.717) is 0 Å². The predicted molar refractivity (Wildman–Crippen MR) is 71.9 cm³/mol. The molecule has 2 N–H and O–H groups in total. The molecule has 0 saturated carbocycles. The zero-order valence-corrected chi connectivity index (χ0v) is 11.2. The number of piperidine rings is 1. The van der Waals surface area contributed by atoms with Crippen LogP contribution in [-0.4, -0.2) is 25.1 Å². The Morgan fingerprint density at radius 3 is 2.90 bits per heavy atom. The standard InChI is InChI=1S/C14H18F2N2O2/c1-9-8-10(6-7-17-9)13(19)18-11-4-2-3-5-12(11)20-14(15)16/h2-5,9-10,14,17H,6-8H2,1H3,(H,18,19). The van der Waals surface area contributed by atoms with Gasteiger partial charge in [-0.15, -0.1) is 0 Å². The molecule has 1 aromatic carbocycles. The summed E-state index contributed by atoms with van der Waals surface area (Å²) in [6, 6.07) is 6.50. The first-order valence-corrected chi connectivity index (χ1v) is 6.64. The summed E-state index contributed by atoms with van der Waals surface area (Å²) >= 11 is 0. The molecule has 0 spiro atoms. The second kappa shape index (κ2) is 6.65. The van der Waals surface area contributed by atoms with Gasteiger partial charge >= 0.3 is 6.61 Å². The summed E-state index contributed by atoms with van der Waals surface area (Å²) in [5.41, 5.74) is 0.281. The summed E-state index contributed by atoms with van der Waals surface area (Å²) in [6.07, 6.45) is 1.48. The van der Waals surface area contributed by atoms with E-state index in [-0.39, 0.29) is 29.3 Å². The number of alkyl halides is 2. The van der Waals surface area contributed by atoms with Crippen LogP contribution in [0, 0.1) is 5.92 Å². The molecule has 4 nitrogen and oxygen atoms in total. The molecular formula is C14H18F2N2O2. The Hall–Kier alpha value is -1.69. The van der Waals surface area contributed by atoms with Crippen molar-refractivity contribution in [2.45, 2.75) is 32.4 Å². The molecule has 2 unspecified atom stereocenters. The van der Waals surface area contributed by atoms with Gasteiger partial charge in [-0.3, -0.25) is 4.79 Å². The Morgan fingerprint density at radius 2 is 2.20 bits per heavy atom. The van der Waals surface area contributed by atoms with Gasteiger partial charge in [-0.05, 0) is 38.4 Å². The normalized spacial score (nSPS) is 22.6. The number of hydrogen-bond acceptors (Lipinski definition) is 3. The lowest BCUT2D eigenvalue weighted by molar-refractivity contribution is -0.121. The van der Waals surface area contributed by atoms with Crippen LogP contribution in [0.2, 0.25) is 0 Å². The lowest BCUT2D eigenvalue weighted by Crippen LogP contribution is -2.40. The van der Waals surface area contributed by atoms with E-state index < -0.39 is 6.61 Å². The first-order valence-electron chi connectivity index (χ1n) is 6.64. The number of carbonyl (C=O) groups is 1. The molecule has 1 amide bonds. The smallest absolute Gasteiger partial charge is 0.387 e. The molecule has 2 rings (SSSR count). The monoisotopic (exact) mass is 284 g/mol. The first kappa shape index (κ1) is 14.7. The Balaban J connectivity index is 2.03. The number of amides is 1. The number of carbonyl (C=O) groups excluding carboxylic acids is 1. The highest BCUT2D eigenvalue weighted by Crippen LogP contribution is 2.27. The van der Waals surface area contributed by atoms with Crippen LogP contribution in [0.15, 0.2) is 24.3 Å². The molecule has 1 fully saturated rings. The van der Waals surface area contributed by atoms with Crippen molar-refractivity contribution >= 4 is 11.6 Å². The Kier molecular flexibility index (Phi) is 4.89. The molecule has 1 aromatic rings. The van der Waals surface area contributed by atoms with E-state index in [0.717, 1.165) is 19.4 Å². The number of anilines is 1. The molecule has 1 saturated heterocycles. The summed E-state index contributed by atoms with van der Waals surface area (Å²) in [6.45, 7) is -0.103. The molecule has 6 heteroatoms. The van der Waals surface area contributed by atoms with Gasteiger partial charge < -0.3 is 15.4 Å². The number of rotatable bonds is 4. The van der Waals surface area contributed by atoms with Crippen LogP contribution in [0.4, 0.5) is 14.5 Å². The van der Waals surface area contributed by atoms with Gasteiger partial charge in [0.05, 0.1) is 5.69 Å². The quantitative estimate of drug-likeness (QED) is 0.893.